The number of carbonyl (C=O) groups excluding carboxylic acids is 2. The quantitative estimate of drug-likeness (QED) is 0.806. The minimum absolute atomic E-state index is 0.00649. The zero-order valence-corrected chi connectivity index (χ0v) is 12.8. The summed E-state index contributed by atoms with van der Waals surface area (Å²) in [6, 6.07) is 0. The molecule has 0 bridgehead atoms. The summed E-state index contributed by atoms with van der Waals surface area (Å²) < 4.78 is 0. The highest BCUT2D eigenvalue weighted by atomic mass is 16.3. The van der Waals surface area contributed by atoms with Crippen molar-refractivity contribution in [1.82, 2.24) is 4.90 Å². The lowest BCUT2D eigenvalue weighted by atomic mass is 9.67. The van der Waals surface area contributed by atoms with E-state index in [1.165, 1.54) is 11.3 Å². The van der Waals surface area contributed by atoms with Crippen LogP contribution in [0.3, 0.4) is 0 Å². The average Bonchev–Trinajstić information content (AvgIpc) is 2.38. The van der Waals surface area contributed by atoms with Crippen LogP contribution in [0, 0.1) is 5.41 Å². The third kappa shape index (κ3) is 2.76. The number of carbonyl (C=O) groups is 2. The smallest absolute Gasteiger partial charge is 0.230 e. The van der Waals surface area contributed by atoms with Gasteiger partial charge in [0.2, 0.25) is 11.8 Å². The Morgan fingerprint density at radius 3 is 2.15 bits per heavy atom. The van der Waals surface area contributed by atoms with Crippen molar-refractivity contribution in [2.24, 2.45) is 5.41 Å². The molecule has 0 radical (unpaired) electrons. The van der Waals surface area contributed by atoms with Gasteiger partial charge in [-0.15, -0.1) is 0 Å². The maximum atomic E-state index is 12.6. The number of rotatable bonds is 4. The van der Waals surface area contributed by atoms with E-state index < -0.39 is 5.54 Å². The second kappa shape index (κ2) is 5.84. The lowest BCUT2D eigenvalue weighted by Crippen LogP contribution is -2.58. The van der Waals surface area contributed by atoms with Crippen LogP contribution in [0.1, 0.15) is 71.6 Å². The molecule has 1 spiro atoms. The summed E-state index contributed by atoms with van der Waals surface area (Å²) in [6.45, 7) is 3.89. The van der Waals surface area contributed by atoms with Gasteiger partial charge in [-0.3, -0.25) is 14.5 Å². The summed E-state index contributed by atoms with van der Waals surface area (Å²) in [6.07, 6.45) is 7.73. The Kier molecular flexibility index (Phi) is 4.52. The molecule has 2 rings (SSSR count). The molecule has 20 heavy (non-hydrogen) atoms. The van der Waals surface area contributed by atoms with Crippen LogP contribution in [0.4, 0.5) is 0 Å². The summed E-state index contributed by atoms with van der Waals surface area (Å²) >= 11 is 0. The van der Waals surface area contributed by atoms with Gasteiger partial charge in [-0.1, -0.05) is 26.2 Å². The van der Waals surface area contributed by atoms with Gasteiger partial charge in [0.15, 0.2) is 0 Å². The van der Waals surface area contributed by atoms with Crippen LogP contribution in [0.5, 0.6) is 0 Å². The van der Waals surface area contributed by atoms with E-state index in [9.17, 15) is 14.7 Å². The third-order valence-electron chi connectivity index (χ3n) is 5.42. The number of nitrogens with zero attached hydrogens (tertiary/aromatic N) is 1. The first-order valence-corrected chi connectivity index (χ1v) is 7.93. The van der Waals surface area contributed by atoms with Crippen molar-refractivity contribution in [3.63, 3.8) is 0 Å². The number of likely N-dealkylation sites (tertiary alicyclic amines) is 1. The van der Waals surface area contributed by atoms with E-state index in [0.717, 1.165) is 25.7 Å². The molecule has 0 aromatic heterocycles. The fourth-order valence-electron chi connectivity index (χ4n) is 3.95. The Morgan fingerprint density at radius 2 is 1.70 bits per heavy atom. The molecule has 1 aliphatic carbocycles. The summed E-state index contributed by atoms with van der Waals surface area (Å²) in [5.41, 5.74) is -0.587. The van der Waals surface area contributed by atoms with Gasteiger partial charge >= 0.3 is 0 Å². The SMILES string of the molecule is CCC(C)(CCO)N1C(=O)CC2(CCCCC2)CC1=O. The molecular weight excluding hydrogens is 254 g/mol. The lowest BCUT2D eigenvalue weighted by Gasteiger charge is -2.48. The van der Waals surface area contributed by atoms with E-state index in [1.807, 2.05) is 13.8 Å². The second-order valence-corrected chi connectivity index (χ2v) is 6.86. The van der Waals surface area contributed by atoms with Crippen molar-refractivity contribution in [1.29, 1.82) is 0 Å². The van der Waals surface area contributed by atoms with Crippen molar-refractivity contribution in [3.05, 3.63) is 0 Å². The molecule has 1 aliphatic heterocycles. The average molecular weight is 281 g/mol. The molecule has 2 amide bonds. The zero-order valence-electron chi connectivity index (χ0n) is 12.8. The van der Waals surface area contributed by atoms with Crippen LogP contribution in [0.15, 0.2) is 0 Å². The standard InChI is InChI=1S/C16H27NO3/c1-3-15(2,9-10-18)17-13(19)11-16(12-14(17)20)7-5-4-6-8-16/h18H,3-12H2,1-2H3. The molecule has 2 fully saturated rings. The van der Waals surface area contributed by atoms with E-state index in [2.05, 4.69) is 0 Å². The maximum Gasteiger partial charge on any atom is 0.230 e. The fraction of sp³-hybridized carbons (Fsp3) is 0.875. The minimum Gasteiger partial charge on any atom is -0.396 e. The molecule has 1 unspecified atom stereocenters. The highest BCUT2D eigenvalue weighted by molar-refractivity contribution is 5.99. The third-order valence-corrected chi connectivity index (χ3v) is 5.42. The van der Waals surface area contributed by atoms with E-state index in [4.69, 9.17) is 0 Å². The summed E-state index contributed by atoms with van der Waals surface area (Å²) in [5.74, 6) is -0.0538. The Bertz CT molecular complexity index is 367. The molecule has 1 heterocycles. The monoisotopic (exact) mass is 281 g/mol. The Labute approximate surface area is 121 Å². The molecule has 2 aliphatic rings. The van der Waals surface area contributed by atoms with Crippen molar-refractivity contribution in [2.45, 2.75) is 77.2 Å². The number of aliphatic hydroxyl groups is 1. The first-order valence-electron chi connectivity index (χ1n) is 7.93. The summed E-state index contributed by atoms with van der Waals surface area (Å²) in [7, 11) is 0. The van der Waals surface area contributed by atoms with Gasteiger partial charge in [0.05, 0.1) is 0 Å². The molecule has 4 heteroatoms. The van der Waals surface area contributed by atoms with Crippen LogP contribution in [-0.4, -0.2) is 34.0 Å². The van der Waals surface area contributed by atoms with Crippen LogP contribution >= 0.6 is 0 Å². The number of imide groups is 1. The first-order chi connectivity index (χ1) is 9.46. The van der Waals surface area contributed by atoms with Crippen molar-refractivity contribution < 1.29 is 14.7 Å². The number of piperidine rings is 1. The van der Waals surface area contributed by atoms with Crippen molar-refractivity contribution in [3.8, 4) is 0 Å². The number of hydrogen-bond donors (Lipinski definition) is 1. The molecule has 0 aromatic carbocycles. The van der Waals surface area contributed by atoms with Crippen LogP contribution in [-0.2, 0) is 9.59 Å². The maximum absolute atomic E-state index is 12.6. The molecule has 0 aromatic rings. The van der Waals surface area contributed by atoms with Gasteiger partial charge in [0.25, 0.3) is 0 Å². The number of hydrogen-bond acceptors (Lipinski definition) is 3. The molecule has 1 N–H and O–H groups in total. The molecule has 1 saturated heterocycles. The van der Waals surface area contributed by atoms with Gasteiger partial charge in [-0.2, -0.15) is 0 Å². The molecule has 1 saturated carbocycles. The summed E-state index contributed by atoms with van der Waals surface area (Å²) in [5, 5.41) is 9.23. The highest BCUT2D eigenvalue weighted by Gasteiger charge is 2.48. The van der Waals surface area contributed by atoms with Gasteiger partial charge in [0, 0.05) is 25.0 Å². The molecular formula is C16H27NO3. The van der Waals surface area contributed by atoms with Crippen LogP contribution in [0.25, 0.3) is 0 Å². The van der Waals surface area contributed by atoms with E-state index >= 15 is 0 Å². The van der Waals surface area contributed by atoms with Gasteiger partial charge < -0.3 is 5.11 Å². The number of amides is 2. The zero-order chi connectivity index (χ0) is 14.8. The Hall–Kier alpha value is -0.900. The first kappa shape index (κ1) is 15.5. The topological polar surface area (TPSA) is 57.6 Å². The predicted octanol–water partition coefficient (Wildman–Crippen LogP) is 2.64. The number of aliphatic hydroxyl groups excluding tert-OH is 1. The van der Waals surface area contributed by atoms with Crippen LogP contribution in [0.2, 0.25) is 0 Å². The summed E-state index contributed by atoms with van der Waals surface area (Å²) in [4.78, 5) is 26.6. The predicted molar refractivity (Wildman–Crippen MR) is 77.0 cm³/mol. The van der Waals surface area contributed by atoms with Gasteiger partial charge in [0.1, 0.15) is 0 Å². The normalized spacial score (nSPS) is 25.9. The fourth-order valence-corrected chi connectivity index (χ4v) is 3.95. The molecule has 4 nitrogen and oxygen atoms in total. The van der Waals surface area contributed by atoms with Gasteiger partial charge in [-0.25, -0.2) is 0 Å². The second-order valence-electron chi connectivity index (χ2n) is 6.86. The van der Waals surface area contributed by atoms with Gasteiger partial charge in [-0.05, 0) is 38.0 Å². The van der Waals surface area contributed by atoms with E-state index in [1.54, 1.807) is 0 Å². The Morgan fingerprint density at radius 1 is 1.15 bits per heavy atom. The van der Waals surface area contributed by atoms with E-state index in [0.29, 0.717) is 25.7 Å². The Balaban J connectivity index is 2.18. The minimum atomic E-state index is -0.529. The molecule has 1 atom stereocenters. The van der Waals surface area contributed by atoms with Crippen molar-refractivity contribution >= 4 is 11.8 Å². The van der Waals surface area contributed by atoms with Crippen molar-refractivity contribution in [2.75, 3.05) is 6.61 Å². The van der Waals surface area contributed by atoms with Crippen LogP contribution < -0.4 is 0 Å². The highest BCUT2D eigenvalue weighted by Crippen LogP contribution is 2.47. The largest absolute Gasteiger partial charge is 0.396 e. The lowest BCUT2D eigenvalue weighted by molar-refractivity contribution is -0.163. The van der Waals surface area contributed by atoms with E-state index in [-0.39, 0.29) is 23.8 Å². The molecule has 114 valence electrons.